The Bertz CT molecular complexity index is 384. The van der Waals surface area contributed by atoms with E-state index in [1.165, 1.54) is 16.9 Å². The lowest BCUT2D eigenvalue weighted by molar-refractivity contribution is 0.448. The molecule has 0 saturated carbocycles. The Kier molecular flexibility index (Phi) is 1.89. The summed E-state index contributed by atoms with van der Waals surface area (Å²) in [6, 6.07) is 6.59. The summed E-state index contributed by atoms with van der Waals surface area (Å²) in [5.74, 6) is 0.703. The molecule has 2 heterocycles. The molecule has 0 aliphatic carbocycles. The van der Waals surface area contributed by atoms with Crippen LogP contribution in [0.15, 0.2) is 18.2 Å². The molecule has 1 fully saturated rings. The Morgan fingerprint density at radius 2 is 2.13 bits per heavy atom. The molecule has 0 aromatic heterocycles. The summed E-state index contributed by atoms with van der Waals surface area (Å²) in [4.78, 5) is 2.34. The molecule has 1 unspecified atom stereocenters. The van der Waals surface area contributed by atoms with Crippen molar-refractivity contribution in [3.63, 3.8) is 0 Å². The lowest BCUT2D eigenvalue weighted by Gasteiger charge is -2.31. The summed E-state index contributed by atoms with van der Waals surface area (Å²) in [6.45, 7) is 4.44. The second-order valence-corrected chi connectivity index (χ2v) is 4.53. The summed E-state index contributed by atoms with van der Waals surface area (Å²) in [5.41, 5.74) is 4.18. The molecule has 80 valence electrons. The number of rotatable bonds is 1. The topological polar surface area (TPSA) is 27.3 Å². The van der Waals surface area contributed by atoms with Gasteiger partial charge in [0, 0.05) is 26.1 Å². The summed E-state index contributed by atoms with van der Waals surface area (Å²) in [7, 11) is 2.17. The van der Waals surface area contributed by atoms with Crippen LogP contribution in [0, 0.1) is 0 Å². The highest BCUT2D eigenvalue weighted by Gasteiger charge is 2.29. The number of benzene rings is 1. The number of hydrogen-bond acceptors (Lipinski definition) is 3. The molecule has 1 aromatic rings. The molecule has 2 aliphatic heterocycles. The highest BCUT2D eigenvalue weighted by molar-refractivity contribution is 5.79. The molecule has 15 heavy (non-hydrogen) atoms. The molecule has 2 N–H and O–H groups in total. The van der Waals surface area contributed by atoms with Gasteiger partial charge in [0.2, 0.25) is 0 Å². The quantitative estimate of drug-likeness (QED) is 0.725. The first-order chi connectivity index (χ1) is 7.27. The normalized spacial score (nSPS) is 24.7. The van der Waals surface area contributed by atoms with E-state index in [0.29, 0.717) is 12.1 Å². The molecule has 3 nitrogen and oxygen atoms in total. The average Bonchev–Trinajstić information content (AvgIpc) is 2.41. The minimum Gasteiger partial charge on any atom is -0.364 e. The number of hydrogen-bond donors (Lipinski definition) is 2. The summed E-state index contributed by atoms with van der Waals surface area (Å²) >= 11 is 0. The van der Waals surface area contributed by atoms with E-state index in [1.807, 2.05) is 0 Å². The van der Waals surface area contributed by atoms with Gasteiger partial charge < -0.3 is 15.5 Å². The highest BCUT2D eigenvalue weighted by Crippen LogP contribution is 2.40. The maximum Gasteiger partial charge on any atom is 0.0959 e. The van der Waals surface area contributed by atoms with Gasteiger partial charge in [-0.3, -0.25) is 0 Å². The van der Waals surface area contributed by atoms with Gasteiger partial charge in [0.05, 0.1) is 17.5 Å². The molecule has 2 aliphatic rings. The molecular formula is C12H17N3. The first-order valence-corrected chi connectivity index (χ1v) is 5.60. The van der Waals surface area contributed by atoms with Gasteiger partial charge in [-0.15, -0.1) is 0 Å². The number of anilines is 2. The van der Waals surface area contributed by atoms with Gasteiger partial charge in [0.25, 0.3) is 0 Å². The van der Waals surface area contributed by atoms with Crippen LogP contribution in [-0.4, -0.2) is 26.3 Å². The van der Waals surface area contributed by atoms with Crippen molar-refractivity contribution < 1.29 is 0 Å². The number of fused-ring (bicyclic) bond motifs is 1. The number of nitrogens with zero attached hydrogens (tertiary/aromatic N) is 1. The predicted molar refractivity (Wildman–Crippen MR) is 63.5 cm³/mol. The van der Waals surface area contributed by atoms with Crippen molar-refractivity contribution in [2.45, 2.75) is 19.0 Å². The van der Waals surface area contributed by atoms with Crippen LogP contribution in [-0.2, 0) is 0 Å². The molecule has 1 saturated heterocycles. The minimum atomic E-state index is 0.411. The lowest BCUT2D eigenvalue weighted by Crippen LogP contribution is -2.40. The Balaban J connectivity index is 2.06. The first-order valence-electron chi connectivity index (χ1n) is 5.60. The zero-order chi connectivity index (χ0) is 10.4. The predicted octanol–water partition coefficient (Wildman–Crippen LogP) is 1.58. The van der Waals surface area contributed by atoms with Crippen LogP contribution in [0.3, 0.4) is 0 Å². The van der Waals surface area contributed by atoms with E-state index in [-0.39, 0.29) is 0 Å². The van der Waals surface area contributed by atoms with E-state index in [1.54, 1.807) is 0 Å². The van der Waals surface area contributed by atoms with E-state index >= 15 is 0 Å². The van der Waals surface area contributed by atoms with Crippen molar-refractivity contribution in [2.75, 3.05) is 30.4 Å². The lowest BCUT2D eigenvalue weighted by atomic mass is 9.91. The van der Waals surface area contributed by atoms with Crippen molar-refractivity contribution in [1.29, 1.82) is 0 Å². The van der Waals surface area contributed by atoms with Gasteiger partial charge >= 0.3 is 0 Å². The largest absolute Gasteiger partial charge is 0.364 e. The average molecular weight is 203 g/mol. The smallest absolute Gasteiger partial charge is 0.0959 e. The molecule has 3 heteroatoms. The minimum absolute atomic E-state index is 0.411. The van der Waals surface area contributed by atoms with Crippen LogP contribution in [0.2, 0.25) is 0 Å². The maximum atomic E-state index is 3.50. The van der Waals surface area contributed by atoms with Gasteiger partial charge in [0.1, 0.15) is 0 Å². The van der Waals surface area contributed by atoms with Crippen molar-refractivity contribution in [1.82, 2.24) is 5.32 Å². The maximum absolute atomic E-state index is 3.50. The van der Waals surface area contributed by atoms with Crippen molar-refractivity contribution >= 4 is 11.4 Å². The second-order valence-electron chi connectivity index (χ2n) is 4.53. The molecule has 0 radical (unpaired) electrons. The molecular weight excluding hydrogens is 186 g/mol. The Hall–Kier alpha value is -1.22. The molecule has 3 rings (SSSR count). The third kappa shape index (κ3) is 1.23. The van der Waals surface area contributed by atoms with Gasteiger partial charge in [-0.05, 0) is 18.6 Å². The zero-order valence-corrected chi connectivity index (χ0v) is 9.25. The van der Waals surface area contributed by atoms with E-state index in [0.717, 1.165) is 13.1 Å². The Labute approximate surface area is 90.5 Å². The van der Waals surface area contributed by atoms with Crippen LogP contribution in [0.4, 0.5) is 11.4 Å². The highest BCUT2D eigenvalue weighted by atomic mass is 15.3. The molecule has 0 bridgehead atoms. The summed E-state index contributed by atoms with van der Waals surface area (Å²) < 4.78 is 0. The van der Waals surface area contributed by atoms with Crippen LogP contribution in [0.25, 0.3) is 0 Å². The first kappa shape index (κ1) is 9.04. The van der Waals surface area contributed by atoms with Crippen LogP contribution < -0.4 is 15.5 Å². The molecule has 0 spiro atoms. The third-order valence-corrected chi connectivity index (χ3v) is 3.59. The summed E-state index contributed by atoms with van der Waals surface area (Å²) in [5, 5.41) is 6.83. The van der Waals surface area contributed by atoms with E-state index in [9.17, 15) is 0 Å². The van der Waals surface area contributed by atoms with Crippen LogP contribution in [0.1, 0.15) is 18.4 Å². The Morgan fingerprint density at radius 1 is 1.33 bits per heavy atom. The van der Waals surface area contributed by atoms with Gasteiger partial charge in [-0.25, -0.2) is 0 Å². The third-order valence-electron chi connectivity index (χ3n) is 3.59. The monoisotopic (exact) mass is 203 g/mol. The molecule has 1 atom stereocenters. The standard InChI is InChI=1S/C12H17N3/c1-8-14-11-5-3-4-10(9-6-13-7-9)12(11)15(8)2/h3-5,8-9,13-14H,6-7H2,1-2H3. The van der Waals surface area contributed by atoms with Crippen molar-refractivity contribution in [2.24, 2.45) is 0 Å². The van der Waals surface area contributed by atoms with Crippen molar-refractivity contribution in [3.8, 4) is 0 Å². The van der Waals surface area contributed by atoms with E-state index in [2.05, 4.69) is 47.7 Å². The van der Waals surface area contributed by atoms with Gasteiger partial charge in [-0.2, -0.15) is 0 Å². The SMILES string of the molecule is CC1Nc2cccc(C3CNC3)c2N1C. The van der Waals surface area contributed by atoms with Crippen LogP contribution in [0.5, 0.6) is 0 Å². The Morgan fingerprint density at radius 3 is 2.80 bits per heavy atom. The van der Waals surface area contributed by atoms with Crippen LogP contribution >= 0.6 is 0 Å². The zero-order valence-electron chi connectivity index (χ0n) is 9.25. The second kappa shape index (κ2) is 3.14. The fourth-order valence-electron chi connectivity index (χ4n) is 2.43. The van der Waals surface area contributed by atoms with Gasteiger partial charge in [-0.1, -0.05) is 12.1 Å². The molecule has 0 amide bonds. The van der Waals surface area contributed by atoms with Crippen molar-refractivity contribution in [3.05, 3.63) is 23.8 Å². The number of nitrogens with one attached hydrogen (secondary N) is 2. The fraction of sp³-hybridized carbons (Fsp3) is 0.500. The van der Waals surface area contributed by atoms with E-state index < -0.39 is 0 Å². The fourth-order valence-corrected chi connectivity index (χ4v) is 2.43. The number of para-hydroxylation sites is 1. The van der Waals surface area contributed by atoms with E-state index in [4.69, 9.17) is 0 Å². The summed E-state index contributed by atoms with van der Waals surface area (Å²) in [6.07, 6.45) is 0.411. The van der Waals surface area contributed by atoms with Gasteiger partial charge in [0.15, 0.2) is 0 Å². The molecule has 1 aromatic carbocycles.